The van der Waals surface area contributed by atoms with E-state index in [1.54, 1.807) is 56.3 Å². The van der Waals surface area contributed by atoms with Crippen LogP contribution in [0.15, 0.2) is 75.4 Å². The maximum atomic E-state index is 12.6. The van der Waals surface area contributed by atoms with Crippen LogP contribution in [0.25, 0.3) is 0 Å². The lowest BCUT2D eigenvalue weighted by molar-refractivity contribution is -0.386. The summed E-state index contributed by atoms with van der Waals surface area (Å²) in [5.41, 5.74) is 4.19. The molecule has 1 aliphatic rings. The van der Waals surface area contributed by atoms with E-state index in [4.69, 9.17) is 30.5 Å². The molecular weight excluding hydrogens is 702 g/mol. The van der Waals surface area contributed by atoms with Crippen LogP contribution in [0.4, 0.5) is 10.5 Å². The number of nitro benzene ring substituents is 1. The monoisotopic (exact) mass is 729 g/mol. The average Bonchev–Trinajstić information content (AvgIpc) is 3.03. The summed E-state index contributed by atoms with van der Waals surface area (Å²) in [4.78, 5) is 48.4. The largest absolute Gasteiger partial charge is 0.493 e. The number of hydrogen-bond donors (Lipinski definition) is 3. The van der Waals surface area contributed by atoms with Crippen molar-refractivity contribution in [2.45, 2.75) is 26.5 Å². The maximum Gasteiger partial charge on any atom is 0.338 e. The second-order valence-electron chi connectivity index (χ2n) is 9.81. The number of nitrogens with zero attached hydrogens (tertiary/aromatic N) is 2. The van der Waals surface area contributed by atoms with Gasteiger partial charge in [-0.05, 0) is 71.2 Å². The average molecular weight is 731 g/mol. The van der Waals surface area contributed by atoms with Crippen molar-refractivity contribution in [1.82, 2.24) is 16.1 Å². The quantitative estimate of drug-likeness (QED) is 0.0909. The lowest BCUT2D eigenvalue weighted by Crippen LogP contribution is -2.45. The van der Waals surface area contributed by atoms with E-state index in [9.17, 15) is 24.5 Å². The van der Waals surface area contributed by atoms with Crippen LogP contribution in [0.3, 0.4) is 0 Å². The Labute approximate surface area is 282 Å². The minimum atomic E-state index is -0.816. The second-order valence-corrected chi connectivity index (χ2v) is 11.1. The molecule has 16 heteroatoms. The molecule has 3 amide bonds. The minimum absolute atomic E-state index is 0.0327. The van der Waals surface area contributed by atoms with Crippen LogP contribution in [0, 0.1) is 10.1 Å². The van der Waals surface area contributed by atoms with Crippen LogP contribution in [-0.4, -0.2) is 49.4 Å². The molecule has 14 nitrogen and oxygen atoms in total. The van der Waals surface area contributed by atoms with Gasteiger partial charge in [0.25, 0.3) is 5.91 Å². The molecule has 1 heterocycles. The number of urea groups is 1. The van der Waals surface area contributed by atoms with E-state index in [1.807, 2.05) is 0 Å². The fraction of sp³-hybridized carbons (Fsp3) is 0.226. The van der Waals surface area contributed by atoms with Crippen molar-refractivity contribution in [2.24, 2.45) is 5.10 Å². The Morgan fingerprint density at radius 2 is 1.87 bits per heavy atom. The topological polar surface area (TPSA) is 180 Å². The summed E-state index contributed by atoms with van der Waals surface area (Å²) in [6, 6.07) is 13.1. The number of nitrogens with one attached hydrogen (secondary N) is 3. The molecule has 1 aliphatic heterocycles. The number of amides is 3. The van der Waals surface area contributed by atoms with Crippen molar-refractivity contribution in [3.05, 3.63) is 102 Å². The number of hydrazone groups is 1. The molecule has 0 spiro atoms. The molecule has 3 aromatic carbocycles. The smallest absolute Gasteiger partial charge is 0.338 e. The number of methoxy groups -OCH3 is 1. The van der Waals surface area contributed by atoms with Crippen molar-refractivity contribution < 1.29 is 38.3 Å². The van der Waals surface area contributed by atoms with Crippen LogP contribution in [0.5, 0.6) is 17.2 Å². The van der Waals surface area contributed by atoms with Crippen LogP contribution in [0.2, 0.25) is 5.02 Å². The highest BCUT2D eigenvalue weighted by atomic mass is 79.9. The second kappa shape index (κ2) is 15.9. The number of rotatable bonds is 13. The Kier molecular flexibility index (Phi) is 11.8. The minimum Gasteiger partial charge on any atom is -0.493 e. The SMILES string of the molecule is CCOC(=O)C1=C(C)NC(=O)N[C@@H]1c1ccc(OCC(=O)N/N=C/c2cc(Br)c(OCc3ccc(Cl)cc3)c([N+](=O)[O-])c2)c(OC)c1. The molecule has 4 rings (SSSR count). The molecule has 0 aromatic heterocycles. The van der Waals surface area contributed by atoms with Gasteiger partial charge in [0.2, 0.25) is 5.75 Å². The maximum absolute atomic E-state index is 12.6. The first-order valence-electron chi connectivity index (χ1n) is 13.9. The molecule has 0 fully saturated rings. The number of benzene rings is 3. The fourth-order valence-corrected chi connectivity index (χ4v) is 5.16. The van der Waals surface area contributed by atoms with Gasteiger partial charge in [0.1, 0.15) is 6.61 Å². The Bertz CT molecular complexity index is 1750. The summed E-state index contributed by atoms with van der Waals surface area (Å²) in [6.07, 6.45) is 1.23. The predicted octanol–water partition coefficient (Wildman–Crippen LogP) is 5.32. The molecule has 47 heavy (non-hydrogen) atoms. The molecule has 3 N–H and O–H groups in total. The molecule has 0 saturated heterocycles. The number of hydrogen-bond acceptors (Lipinski definition) is 10. The molecule has 0 saturated carbocycles. The van der Waals surface area contributed by atoms with Crippen LogP contribution < -0.4 is 30.3 Å². The Morgan fingerprint density at radius 3 is 2.55 bits per heavy atom. The van der Waals surface area contributed by atoms with E-state index in [2.05, 4.69) is 37.1 Å². The number of carbonyl (C=O) groups excluding carboxylic acids is 3. The van der Waals surface area contributed by atoms with Crippen LogP contribution >= 0.6 is 27.5 Å². The van der Waals surface area contributed by atoms with Gasteiger partial charge in [-0.15, -0.1) is 0 Å². The van der Waals surface area contributed by atoms with Gasteiger partial charge < -0.3 is 29.6 Å². The third-order valence-corrected chi connectivity index (χ3v) is 7.43. The van der Waals surface area contributed by atoms with Gasteiger partial charge in [-0.3, -0.25) is 14.9 Å². The van der Waals surface area contributed by atoms with Crippen molar-refractivity contribution in [3.63, 3.8) is 0 Å². The number of nitro groups is 1. The number of carbonyl (C=O) groups is 3. The highest BCUT2D eigenvalue weighted by Gasteiger charge is 2.32. The number of ether oxygens (including phenoxy) is 4. The summed E-state index contributed by atoms with van der Waals surface area (Å²) in [6.45, 7) is 3.06. The molecule has 0 aliphatic carbocycles. The number of halogens is 2. The summed E-state index contributed by atoms with van der Waals surface area (Å²) in [7, 11) is 1.40. The third-order valence-electron chi connectivity index (χ3n) is 6.59. The van der Waals surface area contributed by atoms with E-state index in [0.29, 0.717) is 26.3 Å². The van der Waals surface area contributed by atoms with Gasteiger partial charge in [0.05, 0.1) is 40.9 Å². The van der Waals surface area contributed by atoms with Crippen molar-refractivity contribution >= 4 is 57.3 Å². The predicted molar refractivity (Wildman–Crippen MR) is 175 cm³/mol. The van der Waals surface area contributed by atoms with Gasteiger partial charge in [-0.2, -0.15) is 5.10 Å². The highest BCUT2D eigenvalue weighted by Crippen LogP contribution is 2.37. The summed E-state index contributed by atoms with van der Waals surface area (Å²) in [5.74, 6) is -0.729. The fourth-order valence-electron chi connectivity index (χ4n) is 4.45. The van der Waals surface area contributed by atoms with E-state index >= 15 is 0 Å². The van der Waals surface area contributed by atoms with E-state index in [0.717, 1.165) is 5.56 Å². The Balaban J connectivity index is 1.39. The summed E-state index contributed by atoms with van der Waals surface area (Å²) >= 11 is 9.21. The van der Waals surface area contributed by atoms with Gasteiger partial charge in [0, 0.05) is 22.3 Å². The third kappa shape index (κ3) is 8.98. The molecule has 0 unspecified atom stereocenters. The zero-order valence-electron chi connectivity index (χ0n) is 25.3. The first kappa shape index (κ1) is 34.7. The van der Waals surface area contributed by atoms with Crippen molar-refractivity contribution in [1.29, 1.82) is 0 Å². The Hall–Kier alpha value is -5.15. The van der Waals surface area contributed by atoms with Gasteiger partial charge in [-0.25, -0.2) is 15.0 Å². The zero-order valence-corrected chi connectivity index (χ0v) is 27.6. The Morgan fingerprint density at radius 1 is 1.13 bits per heavy atom. The van der Waals surface area contributed by atoms with Crippen LogP contribution in [-0.2, 0) is 20.9 Å². The normalized spacial score (nSPS) is 14.2. The highest BCUT2D eigenvalue weighted by molar-refractivity contribution is 9.10. The van der Waals surface area contributed by atoms with E-state index in [-0.39, 0.29) is 41.7 Å². The molecule has 1 atom stereocenters. The van der Waals surface area contributed by atoms with Gasteiger partial charge in [-0.1, -0.05) is 29.8 Å². The molecule has 0 radical (unpaired) electrons. The molecular formula is C31H29BrClN5O9. The number of allylic oxidation sites excluding steroid dienone is 1. The van der Waals surface area contributed by atoms with Gasteiger partial charge >= 0.3 is 17.7 Å². The van der Waals surface area contributed by atoms with Crippen molar-refractivity contribution in [2.75, 3.05) is 20.3 Å². The van der Waals surface area contributed by atoms with Crippen molar-refractivity contribution in [3.8, 4) is 17.2 Å². The lowest BCUT2D eigenvalue weighted by Gasteiger charge is -2.28. The van der Waals surface area contributed by atoms with E-state index in [1.165, 1.54) is 25.5 Å². The van der Waals surface area contributed by atoms with Gasteiger partial charge in [0.15, 0.2) is 18.1 Å². The molecule has 246 valence electrons. The lowest BCUT2D eigenvalue weighted by atomic mass is 9.95. The first-order chi connectivity index (χ1) is 22.5. The first-order valence-corrected chi connectivity index (χ1v) is 15.1. The number of esters is 1. The molecule has 3 aromatic rings. The summed E-state index contributed by atoms with van der Waals surface area (Å²) < 4.78 is 22.2. The zero-order chi connectivity index (χ0) is 34.1. The van der Waals surface area contributed by atoms with Crippen LogP contribution in [0.1, 0.15) is 36.6 Å². The standard InChI is InChI=1S/C31H29BrClN5O9/c1-4-45-30(40)27-17(2)35-31(41)36-28(27)20-7-10-24(25(13-20)44-3)46-16-26(39)37-34-14-19-11-22(32)29(23(12-19)38(42)43)47-15-18-5-8-21(33)9-6-18/h5-14,28H,4,15-16H2,1-3H3,(H,37,39)(H2,35,36,41)/b34-14+/t28-/m1/s1. The van der Waals surface area contributed by atoms with E-state index < -0.39 is 35.5 Å². The molecule has 0 bridgehead atoms. The summed E-state index contributed by atoms with van der Waals surface area (Å²) in [5, 5.41) is 21.5.